The number of phenols is 1. The van der Waals surface area contributed by atoms with E-state index in [9.17, 15) is 9.90 Å². The molecule has 0 radical (unpaired) electrons. The van der Waals surface area contributed by atoms with Crippen LogP contribution in [0.2, 0.25) is 0 Å². The fraction of sp³-hybridized carbons (Fsp3) is 0.143. The molecule has 0 spiro atoms. The van der Waals surface area contributed by atoms with Crippen molar-refractivity contribution in [3.05, 3.63) is 41.5 Å². The molecule has 0 fully saturated rings. The van der Waals surface area contributed by atoms with E-state index in [1.165, 1.54) is 0 Å². The second-order valence-electron chi connectivity index (χ2n) is 3.69. The molecule has 0 saturated heterocycles. The SMILES string of the molecule is CCN=Cc1cc(C=O)c2ccccc2c1O. The first kappa shape index (κ1) is 11.3. The first-order valence-corrected chi connectivity index (χ1v) is 5.47. The Labute approximate surface area is 99.4 Å². The number of fused-ring (bicyclic) bond motifs is 1. The van der Waals surface area contributed by atoms with E-state index < -0.39 is 0 Å². The average molecular weight is 227 g/mol. The van der Waals surface area contributed by atoms with Crippen LogP contribution in [0.15, 0.2) is 35.3 Å². The van der Waals surface area contributed by atoms with E-state index in [-0.39, 0.29) is 5.75 Å². The average Bonchev–Trinajstić information content (AvgIpc) is 2.38. The zero-order chi connectivity index (χ0) is 12.3. The van der Waals surface area contributed by atoms with Gasteiger partial charge in [0.1, 0.15) is 5.75 Å². The molecule has 0 unspecified atom stereocenters. The number of hydrogen-bond acceptors (Lipinski definition) is 3. The third kappa shape index (κ3) is 2.04. The predicted octanol–water partition coefficient (Wildman–Crippen LogP) is 2.80. The lowest BCUT2D eigenvalue weighted by Crippen LogP contribution is -1.91. The lowest BCUT2D eigenvalue weighted by Gasteiger charge is -2.06. The molecule has 0 aliphatic heterocycles. The molecule has 1 N–H and O–H groups in total. The largest absolute Gasteiger partial charge is 0.507 e. The second kappa shape index (κ2) is 4.78. The van der Waals surface area contributed by atoms with Crippen LogP contribution < -0.4 is 0 Å². The molecule has 2 rings (SSSR count). The van der Waals surface area contributed by atoms with Crippen molar-refractivity contribution in [2.45, 2.75) is 6.92 Å². The lowest BCUT2D eigenvalue weighted by molar-refractivity contribution is 0.112. The van der Waals surface area contributed by atoms with E-state index in [1.54, 1.807) is 18.3 Å². The number of rotatable bonds is 3. The highest BCUT2D eigenvalue weighted by Gasteiger charge is 2.08. The summed E-state index contributed by atoms with van der Waals surface area (Å²) in [5, 5.41) is 11.5. The molecular formula is C14H13NO2. The number of aldehydes is 1. The molecule has 2 aromatic carbocycles. The predicted molar refractivity (Wildman–Crippen MR) is 69.1 cm³/mol. The molecule has 3 nitrogen and oxygen atoms in total. The molecule has 0 bridgehead atoms. The summed E-state index contributed by atoms with van der Waals surface area (Å²) < 4.78 is 0. The lowest BCUT2D eigenvalue weighted by atomic mass is 10.0. The number of carbonyl (C=O) groups excluding carboxylic acids is 1. The van der Waals surface area contributed by atoms with E-state index in [4.69, 9.17) is 0 Å². The van der Waals surface area contributed by atoms with E-state index in [1.807, 2.05) is 25.1 Å². The van der Waals surface area contributed by atoms with Crippen molar-refractivity contribution in [3.63, 3.8) is 0 Å². The standard InChI is InChI=1S/C14H13NO2/c1-2-15-8-10-7-11(9-16)12-5-3-4-6-13(12)14(10)17/h3-9,17H,2H2,1H3. The Hall–Kier alpha value is -2.16. The minimum atomic E-state index is 0.170. The number of phenolic OH excluding ortho intramolecular Hbond substituents is 1. The van der Waals surface area contributed by atoms with E-state index >= 15 is 0 Å². The van der Waals surface area contributed by atoms with Crippen molar-refractivity contribution in [2.75, 3.05) is 6.54 Å². The maximum absolute atomic E-state index is 11.0. The maximum Gasteiger partial charge on any atom is 0.150 e. The van der Waals surface area contributed by atoms with Crippen molar-refractivity contribution < 1.29 is 9.90 Å². The molecule has 2 aromatic rings. The summed E-state index contributed by atoms with van der Waals surface area (Å²) in [5.74, 6) is 0.170. The molecular weight excluding hydrogens is 214 g/mol. The number of hydrogen-bond donors (Lipinski definition) is 1. The van der Waals surface area contributed by atoms with E-state index in [2.05, 4.69) is 4.99 Å². The van der Waals surface area contributed by atoms with Crippen LogP contribution in [0.1, 0.15) is 22.8 Å². The van der Waals surface area contributed by atoms with Crippen LogP contribution in [-0.2, 0) is 0 Å². The third-order valence-electron chi connectivity index (χ3n) is 2.62. The van der Waals surface area contributed by atoms with Crippen molar-refractivity contribution in [2.24, 2.45) is 4.99 Å². The molecule has 3 heteroatoms. The zero-order valence-electron chi connectivity index (χ0n) is 9.55. The van der Waals surface area contributed by atoms with Gasteiger partial charge in [0.15, 0.2) is 6.29 Å². The topological polar surface area (TPSA) is 49.7 Å². The summed E-state index contributed by atoms with van der Waals surface area (Å²) in [6, 6.07) is 8.94. The highest BCUT2D eigenvalue weighted by atomic mass is 16.3. The van der Waals surface area contributed by atoms with Gasteiger partial charge in [-0.2, -0.15) is 0 Å². The van der Waals surface area contributed by atoms with Crippen molar-refractivity contribution in [1.82, 2.24) is 0 Å². The molecule has 0 saturated carbocycles. The van der Waals surface area contributed by atoms with Gasteiger partial charge in [-0.3, -0.25) is 9.79 Å². The molecule has 0 heterocycles. The summed E-state index contributed by atoms with van der Waals surface area (Å²) in [6.45, 7) is 2.55. The summed E-state index contributed by atoms with van der Waals surface area (Å²) in [4.78, 5) is 15.1. The third-order valence-corrected chi connectivity index (χ3v) is 2.62. The van der Waals surface area contributed by atoms with Gasteiger partial charge in [-0.25, -0.2) is 0 Å². The van der Waals surface area contributed by atoms with Gasteiger partial charge in [0.25, 0.3) is 0 Å². The Kier molecular flexibility index (Phi) is 3.19. The van der Waals surface area contributed by atoms with Crippen LogP contribution in [0.5, 0.6) is 5.75 Å². The van der Waals surface area contributed by atoms with Crippen molar-refractivity contribution >= 4 is 23.3 Å². The molecule has 0 aliphatic rings. The maximum atomic E-state index is 11.0. The number of aliphatic imine (C=N–C) groups is 1. The van der Waals surface area contributed by atoms with Gasteiger partial charge in [-0.15, -0.1) is 0 Å². The normalized spacial score (nSPS) is 11.1. The fourth-order valence-electron chi connectivity index (χ4n) is 1.80. The quantitative estimate of drug-likeness (QED) is 0.647. The van der Waals surface area contributed by atoms with Gasteiger partial charge in [0, 0.05) is 29.3 Å². The van der Waals surface area contributed by atoms with Gasteiger partial charge in [0.2, 0.25) is 0 Å². The Balaban J connectivity index is 2.75. The molecule has 86 valence electrons. The van der Waals surface area contributed by atoms with Crippen LogP contribution in [0.4, 0.5) is 0 Å². The summed E-state index contributed by atoms with van der Waals surface area (Å²) in [5.41, 5.74) is 1.14. The van der Waals surface area contributed by atoms with Crippen LogP contribution in [0.3, 0.4) is 0 Å². The van der Waals surface area contributed by atoms with Crippen LogP contribution in [0, 0.1) is 0 Å². The number of carbonyl (C=O) groups is 1. The minimum Gasteiger partial charge on any atom is -0.507 e. The first-order chi connectivity index (χ1) is 8.27. The summed E-state index contributed by atoms with van der Waals surface area (Å²) >= 11 is 0. The number of benzene rings is 2. The first-order valence-electron chi connectivity index (χ1n) is 5.47. The molecule has 0 aliphatic carbocycles. The van der Waals surface area contributed by atoms with Crippen molar-refractivity contribution in [1.29, 1.82) is 0 Å². The second-order valence-corrected chi connectivity index (χ2v) is 3.69. The highest BCUT2D eigenvalue weighted by molar-refractivity contribution is 6.05. The van der Waals surface area contributed by atoms with Crippen LogP contribution in [-0.4, -0.2) is 24.2 Å². The van der Waals surface area contributed by atoms with Gasteiger partial charge < -0.3 is 5.11 Å². The molecule has 0 atom stereocenters. The zero-order valence-corrected chi connectivity index (χ0v) is 9.55. The number of aromatic hydroxyl groups is 1. The fourth-order valence-corrected chi connectivity index (χ4v) is 1.80. The van der Waals surface area contributed by atoms with Crippen LogP contribution in [0.25, 0.3) is 10.8 Å². The molecule has 17 heavy (non-hydrogen) atoms. The Morgan fingerprint density at radius 1 is 1.24 bits per heavy atom. The monoisotopic (exact) mass is 227 g/mol. The Morgan fingerprint density at radius 3 is 2.59 bits per heavy atom. The number of nitrogens with zero attached hydrogens (tertiary/aromatic N) is 1. The molecule has 0 aromatic heterocycles. The van der Waals surface area contributed by atoms with Crippen LogP contribution >= 0.6 is 0 Å². The highest BCUT2D eigenvalue weighted by Crippen LogP contribution is 2.30. The van der Waals surface area contributed by atoms with Gasteiger partial charge >= 0.3 is 0 Å². The molecule has 0 amide bonds. The smallest absolute Gasteiger partial charge is 0.150 e. The Morgan fingerprint density at radius 2 is 1.94 bits per heavy atom. The van der Waals surface area contributed by atoms with E-state index in [0.29, 0.717) is 23.1 Å². The summed E-state index contributed by atoms with van der Waals surface area (Å²) in [6.07, 6.45) is 2.39. The Bertz CT molecular complexity index is 588. The van der Waals surface area contributed by atoms with E-state index in [0.717, 1.165) is 11.7 Å². The van der Waals surface area contributed by atoms with Crippen molar-refractivity contribution in [3.8, 4) is 5.75 Å². The van der Waals surface area contributed by atoms with Gasteiger partial charge in [-0.05, 0) is 18.4 Å². The minimum absolute atomic E-state index is 0.170. The van der Waals surface area contributed by atoms with Gasteiger partial charge in [0.05, 0.1) is 0 Å². The van der Waals surface area contributed by atoms with Gasteiger partial charge in [-0.1, -0.05) is 24.3 Å². The summed E-state index contributed by atoms with van der Waals surface area (Å²) in [7, 11) is 0.